The first-order valence-corrected chi connectivity index (χ1v) is 6.14. The van der Waals surface area contributed by atoms with Gasteiger partial charge in [0.2, 0.25) is 0 Å². The SMILES string of the molecule is COc1cc(OCC2CCCO2)cc(/C(N)=N/O)c1. The van der Waals surface area contributed by atoms with E-state index in [2.05, 4.69) is 5.16 Å². The van der Waals surface area contributed by atoms with Gasteiger partial charge in [0.1, 0.15) is 18.1 Å². The number of nitrogens with two attached hydrogens (primary N) is 1. The first-order chi connectivity index (χ1) is 9.22. The van der Waals surface area contributed by atoms with E-state index in [-0.39, 0.29) is 11.9 Å². The van der Waals surface area contributed by atoms with Gasteiger partial charge in [-0.1, -0.05) is 5.16 Å². The van der Waals surface area contributed by atoms with Crippen molar-refractivity contribution in [2.45, 2.75) is 18.9 Å². The molecule has 1 unspecified atom stereocenters. The molecular formula is C13H18N2O4. The second kappa shape index (κ2) is 6.29. The van der Waals surface area contributed by atoms with Crippen LogP contribution in [0, 0.1) is 0 Å². The molecule has 3 N–H and O–H groups in total. The van der Waals surface area contributed by atoms with E-state index in [4.69, 9.17) is 25.2 Å². The third-order valence-electron chi connectivity index (χ3n) is 2.98. The molecule has 6 nitrogen and oxygen atoms in total. The molecule has 1 saturated heterocycles. The predicted octanol–water partition coefficient (Wildman–Crippen LogP) is 1.35. The number of amidine groups is 1. The minimum atomic E-state index is 0.0147. The molecule has 0 amide bonds. The summed E-state index contributed by atoms with van der Waals surface area (Å²) in [5, 5.41) is 11.7. The fourth-order valence-electron chi connectivity index (χ4n) is 1.94. The second-order valence-electron chi connectivity index (χ2n) is 4.33. The Morgan fingerprint density at radius 3 is 2.89 bits per heavy atom. The first kappa shape index (κ1) is 13.5. The van der Waals surface area contributed by atoms with Crippen LogP contribution in [0.3, 0.4) is 0 Å². The molecule has 0 saturated carbocycles. The quantitative estimate of drug-likeness (QED) is 0.363. The molecule has 1 atom stereocenters. The van der Waals surface area contributed by atoms with Crippen molar-refractivity contribution in [2.75, 3.05) is 20.3 Å². The molecule has 0 spiro atoms. The van der Waals surface area contributed by atoms with Crippen molar-refractivity contribution in [3.63, 3.8) is 0 Å². The number of hydrogen-bond donors (Lipinski definition) is 2. The molecule has 1 heterocycles. The Balaban J connectivity index is 2.09. The Morgan fingerprint density at radius 2 is 2.26 bits per heavy atom. The molecule has 1 aromatic rings. The van der Waals surface area contributed by atoms with Gasteiger partial charge >= 0.3 is 0 Å². The number of methoxy groups -OCH3 is 1. The van der Waals surface area contributed by atoms with Gasteiger partial charge in [0.25, 0.3) is 0 Å². The number of rotatable bonds is 5. The van der Waals surface area contributed by atoms with Crippen LogP contribution in [0.25, 0.3) is 0 Å². The molecule has 1 aromatic carbocycles. The lowest BCUT2D eigenvalue weighted by molar-refractivity contribution is 0.0679. The molecule has 0 aromatic heterocycles. The molecule has 19 heavy (non-hydrogen) atoms. The van der Waals surface area contributed by atoms with Crippen molar-refractivity contribution in [2.24, 2.45) is 10.9 Å². The van der Waals surface area contributed by atoms with Gasteiger partial charge in [-0.3, -0.25) is 0 Å². The van der Waals surface area contributed by atoms with E-state index < -0.39 is 0 Å². The van der Waals surface area contributed by atoms with Crippen LogP contribution in [0.2, 0.25) is 0 Å². The molecular weight excluding hydrogens is 248 g/mol. The maximum atomic E-state index is 8.71. The normalized spacial score (nSPS) is 19.4. The Hall–Kier alpha value is -1.95. The summed E-state index contributed by atoms with van der Waals surface area (Å²) in [5.41, 5.74) is 6.11. The van der Waals surface area contributed by atoms with Gasteiger partial charge in [0.15, 0.2) is 5.84 Å². The fourth-order valence-corrected chi connectivity index (χ4v) is 1.94. The van der Waals surface area contributed by atoms with Gasteiger partial charge < -0.3 is 25.2 Å². The lowest BCUT2D eigenvalue weighted by atomic mass is 10.2. The number of ether oxygens (including phenoxy) is 3. The highest BCUT2D eigenvalue weighted by atomic mass is 16.5. The zero-order chi connectivity index (χ0) is 13.7. The zero-order valence-corrected chi connectivity index (χ0v) is 10.8. The van der Waals surface area contributed by atoms with Gasteiger partial charge in [0.05, 0.1) is 13.2 Å². The van der Waals surface area contributed by atoms with Crippen molar-refractivity contribution >= 4 is 5.84 Å². The van der Waals surface area contributed by atoms with Crippen LogP contribution < -0.4 is 15.2 Å². The molecule has 1 aliphatic rings. The van der Waals surface area contributed by atoms with Crippen LogP contribution in [-0.2, 0) is 4.74 Å². The maximum Gasteiger partial charge on any atom is 0.170 e. The third kappa shape index (κ3) is 3.51. The largest absolute Gasteiger partial charge is 0.497 e. The summed E-state index contributed by atoms with van der Waals surface area (Å²) in [6.45, 7) is 1.28. The summed E-state index contributed by atoms with van der Waals surface area (Å²) in [6.07, 6.45) is 2.22. The summed E-state index contributed by atoms with van der Waals surface area (Å²) in [6, 6.07) is 5.13. The molecule has 0 aliphatic carbocycles. The van der Waals surface area contributed by atoms with Crippen molar-refractivity contribution in [1.29, 1.82) is 0 Å². The average Bonchev–Trinajstić information content (AvgIpc) is 2.97. The van der Waals surface area contributed by atoms with E-state index in [9.17, 15) is 0 Å². The molecule has 1 fully saturated rings. The fraction of sp³-hybridized carbons (Fsp3) is 0.462. The summed E-state index contributed by atoms with van der Waals surface area (Å²) in [7, 11) is 1.55. The highest BCUT2D eigenvalue weighted by Crippen LogP contribution is 2.23. The minimum Gasteiger partial charge on any atom is -0.497 e. The highest BCUT2D eigenvalue weighted by Gasteiger charge is 2.16. The molecule has 1 aliphatic heterocycles. The average molecular weight is 266 g/mol. The smallest absolute Gasteiger partial charge is 0.170 e. The van der Waals surface area contributed by atoms with E-state index in [1.165, 1.54) is 0 Å². The maximum absolute atomic E-state index is 8.71. The van der Waals surface area contributed by atoms with Crippen LogP contribution in [0.5, 0.6) is 11.5 Å². The lowest BCUT2D eigenvalue weighted by Gasteiger charge is -2.13. The van der Waals surface area contributed by atoms with Crippen molar-refractivity contribution < 1.29 is 19.4 Å². The van der Waals surface area contributed by atoms with Gasteiger partial charge in [-0.05, 0) is 25.0 Å². The van der Waals surface area contributed by atoms with Crippen LogP contribution in [0.15, 0.2) is 23.4 Å². The molecule has 0 radical (unpaired) electrons. The Kier molecular flexibility index (Phi) is 4.46. The van der Waals surface area contributed by atoms with Crippen molar-refractivity contribution in [1.82, 2.24) is 0 Å². The van der Waals surface area contributed by atoms with Crippen molar-refractivity contribution in [3.8, 4) is 11.5 Å². The zero-order valence-electron chi connectivity index (χ0n) is 10.8. The second-order valence-corrected chi connectivity index (χ2v) is 4.33. The van der Waals surface area contributed by atoms with E-state index in [1.807, 2.05) is 0 Å². The molecule has 2 rings (SSSR count). The highest BCUT2D eigenvalue weighted by molar-refractivity contribution is 5.97. The lowest BCUT2D eigenvalue weighted by Crippen LogP contribution is -2.17. The van der Waals surface area contributed by atoms with Gasteiger partial charge in [0, 0.05) is 18.2 Å². The summed E-state index contributed by atoms with van der Waals surface area (Å²) >= 11 is 0. The standard InChI is InChI=1S/C13H18N2O4/c1-17-11-5-9(13(14)15-16)6-12(7-11)19-8-10-3-2-4-18-10/h5-7,10,16H,2-4,8H2,1H3,(H2,14,15). The topological polar surface area (TPSA) is 86.3 Å². The van der Waals surface area contributed by atoms with E-state index in [1.54, 1.807) is 25.3 Å². The van der Waals surface area contributed by atoms with Gasteiger partial charge in [-0.25, -0.2) is 0 Å². The van der Waals surface area contributed by atoms with Gasteiger partial charge in [-0.15, -0.1) is 0 Å². The van der Waals surface area contributed by atoms with E-state index >= 15 is 0 Å². The van der Waals surface area contributed by atoms with Crippen LogP contribution in [-0.4, -0.2) is 37.5 Å². The number of benzene rings is 1. The molecule has 6 heteroatoms. The summed E-state index contributed by atoms with van der Waals surface area (Å²) in [4.78, 5) is 0. The van der Waals surface area contributed by atoms with Crippen LogP contribution in [0.4, 0.5) is 0 Å². The van der Waals surface area contributed by atoms with E-state index in [0.717, 1.165) is 19.4 Å². The van der Waals surface area contributed by atoms with Crippen LogP contribution >= 0.6 is 0 Å². The van der Waals surface area contributed by atoms with E-state index in [0.29, 0.717) is 23.7 Å². The Morgan fingerprint density at radius 1 is 1.47 bits per heavy atom. The number of nitrogens with zero attached hydrogens (tertiary/aromatic N) is 1. The monoisotopic (exact) mass is 266 g/mol. The predicted molar refractivity (Wildman–Crippen MR) is 70.0 cm³/mol. The first-order valence-electron chi connectivity index (χ1n) is 6.14. The Bertz CT molecular complexity index is 456. The van der Waals surface area contributed by atoms with Crippen LogP contribution in [0.1, 0.15) is 18.4 Å². The number of oxime groups is 1. The summed E-state index contributed by atoms with van der Waals surface area (Å²) < 4.78 is 16.3. The summed E-state index contributed by atoms with van der Waals surface area (Å²) in [5.74, 6) is 1.21. The van der Waals surface area contributed by atoms with Gasteiger partial charge in [-0.2, -0.15) is 0 Å². The van der Waals surface area contributed by atoms with Crippen molar-refractivity contribution in [3.05, 3.63) is 23.8 Å². The molecule has 0 bridgehead atoms. The third-order valence-corrected chi connectivity index (χ3v) is 2.98. The number of hydrogen-bond acceptors (Lipinski definition) is 5. The minimum absolute atomic E-state index is 0.0147. The Labute approximate surface area is 111 Å². The molecule has 104 valence electrons.